The summed E-state index contributed by atoms with van der Waals surface area (Å²) < 4.78 is 5.05. The molecule has 0 aliphatic carbocycles. The zero-order valence-corrected chi connectivity index (χ0v) is 11.0. The molecule has 0 amide bonds. The van der Waals surface area contributed by atoms with E-state index < -0.39 is 0 Å². The van der Waals surface area contributed by atoms with Crippen molar-refractivity contribution in [2.75, 3.05) is 24.4 Å². The lowest BCUT2D eigenvalue weighted by molar-refractivity contribution is 0.398. The van der Waals surface area contributed by atoms with Gasteiger partial charge in [-0.2, -0.15) is 9.97 Å². The fraction of sp³-hybridized carbons (Fsp3) is 0.167. The number of aromatic nitrogens is 2. The van der Waals surface area contributed by atoms with E-state index in [0.717, 1.165) is 10.6 Å². The summed E-state index contributed by atoms with van der Waals surface area (Å²) in [4.78, 5) is 9.19. The van der Waals surface area contributed by atoms with Crippen molar-refractivity contribution in [3.63, 3.8) is 0 Å². The summed E-state index contributed by atoms with van der Waals surface area (Å²) in [6, 6.07) is 9.68. The minimum atomic E-state index is 0.179. The molecule has 0 fully saturated rings. The lowest BCUT2D eigenvalue weighted by Crippen LogP contribution is -2.02. The number of nitrogens with one attached hydrogen (secondary N) is 1. The van der Waals surface area contributed by atoms with Crippen molar-refractivity contribution in [1.82, 2.24) is 9.97 Å². The van der Waals surface area contributed by atoms with Gasteiger partial charge in [0, 0.05) is 11.0 Å². The van der Waals surface area contributed by atoms with Gasteiger partial charge in [0.1, 0.15) is 5.82 Å². The number of hydrogen-bond acceptors (Lipinski definition) is 6. The largest absolute Gasteiger partial charge is 0.481 e. The molecular formula is C12H14N4OS. The third-order valence-electron chi connectivity index (χ3n) is 2.30. The number of methoxy groups -OCH3 is 1. The van der Waals surface area contributed by atoms with Crippen LogP contribution in [0.1, 0.15) is 0 Å². The summed E-state index contributed by atoms with van der Waals surface area (Å²) >= 11 is 1.66. The molecule has 0 radical (unpaired) electrons. The van der Waals surface area contributed by atoms with E-state index in [1.54, 1.807) is 24.9 Å². The van der Waals surface area contributed by atoms with Gasteiger partial charge in [-0.05, 0) is 18.4 Å². The molecule has 0 unspecified atom stereocenters. The summed E-state index contributed by atoms with van der Waals surface area (Å²) in [6.07, 6.45) is 2.02. The minimum absolute atomic E-state index is 0.179. The molecule has 94 valence electrons. The van der Waals surface area contributed by atoms with Gasteiger partial charge in [-0.1, -0.05) is 12.1 Å². The number of benzene rings is 1. The van der Waals surface area contributed by atoms with Gasteiger partial charge in [-0.3, -0.25) is 0 Å². The van der Waals surface area contributed by atoms with Crippen LogP contribution in [0.15, 0.2) is 35.2 Å². The molecule has 2 rings (SSSR count). The molecule has 0 bridgehead atoms. The fourth-order valence-corrected chi connectivity index (χ4v) is 2.05. The van der Waals surface area contributed by atoms with Gasteiger partial charge in [-0.25, -0.2) is 0 Å². The van der Waals surface area contributed by atoms with Crippen LogP contribution in [-0.2, 0) is 0 Å². The SMILES string of the molecule is COc1cc(Nc2ccccc2SC)nc(N)n1. The van der Waals surface area contributed by atoms with Crippen molar-refractivity contribution in [2.45, 2.75) is 4.90 Å². The molecule has 1 aromatic heterocycles. The molecule has 1 aromatic carbocycles. The first-order chi connectivity index (χ1) is 8.72. The van der Waals surface area contributed by atoms with Crippen LogP contribution < -0.4 is 15.8 Å². The predicted octanol–water partition coefficient (Wildman–Crippen LogP) is 2.53. The van der Waals surface area contributed by atoms with Gasteiger partial charge in [-0.15, -0.1) is 11.8 Å². The van der Waals surface area contributed by atoms with Crippen LogP contribution in [0.25, 0.3) is 0 Å². The smallest absolute Gasteiger partial charge is 0.225 e. The Balaban J connectivity index is 2.30. The number of ether oxygens (including phenoxy) is 1. The summed E-state index contributed by atoms with van der Waals surface area (Å²) in [7, 11) is 1.54. The van der Waals surface area contributed by atoms with Crippen LogP contribution >= 0.6 is 11.8 Å². The van der Waals surface area contributed by atoms with Crippen molar-refractivity contribution in [3.05, 3.63) is 30.3 Å². The van der Waals surface area contributed by atoms with Crippen molar-refractivity contribution >= 4 is 29.2 Å². The van der Waals surface area contributed by atoms with Crippen molar-refractivity contribution < 1.29 is 4.74 Å². The van der Waals surface area contributed by atoms with Gasteiger partial charge in [0.25, 0.3) is 0 Å². The maximum atomic E-state index is 5.61. The number of thioether (sulfide) groups is 1. The van der Waals surface area contributed by atoms with Crippen molar-refractivity contribution in [1.29, 1.82) is 0 Å². The molecule has 0 aliphatic rings. The standard InChI is InChI=1S/C12H14N4OS/c1-17-11-7-10(15-12(13)16-11)14-8-5-3-4-6-9(8)18-2/h3-7H,1-2H3,(H3,13,14,15,16). The Hall–Kier alpha value is -1.95. The molecule has 0 aliphatic heterocycles. The molecule has 0 saturated heterocycles. The summed E-state index contributed by atoms with van der Waals surface area (Å²) in [5, 5.41) is 3.21. The Kier molecular flexibility index (Phi) is 3.88. The highest BCUT2D eigenvalue weighted by Gasteiger charge is 2.05. The maximum Gasteiger partial charge on any atom is 0.225 e. The zero-order chi connectivity index (χ0) is 13.0. The molecule has 3 N–H and O–H groups in total. The number of para-hydroxylation sites is 1. The Morgan fingerprint density at radius 3 is 2.78 bits per heavy atom. The molecular weight excluding hydrogens is 248 g/mol. The van der Waals surface area contributed by atoms with E-state index in [1.807, 2.05) is 30.5 Å². The van der Waals surface area contributed by atoms with E-state index in [2.05, 4.69) is 15.3 Å². The maximum absolute atomic E-state index is 5.61. The van der Waals surface area contributed by atoms with E-state index >= 15 is 0 Å². The molecule has 2 aromatic rings. The van der Waals surface area contributed by atoms with Gasteiger partial charge in [0.2, 0.25) is 11.8 Å². The van der Waals surface area contributed by atoms with E-state index in [1.165, 1.54) is 0 Å². The fourth-order valence-electron chi connectivity index (χ4n) is 1.50. The van der Waals surface area contributed by atoms with E-state index in [-0.39, 0.29) is 5.95 Å². The highest BCUT2D eigenvalue weighted by molar-refractivity contribution is 7.98. The first kappa shape index (κ1) is 12.5. The van der Waals surface area contributed by atoms with E-state index in [4.69, 9.17) is 10.5 Å². The molecule has 0 atom stereocenters. The lowest BCUT2D eigenvalue weighted by atomic mass is 10.3. The molecule has 5 nitrogen and oxygen atoms in total. The third-order valence-corrected chi connectivity index (χ3v) is 3.09. The first-order valence-corrected chi connectivity index (χ1v) is 6.54. The molecule has 0 saturated carbocycles. The quantitative estimate of drug-likeness (QED) is 0.825. The van der Waals surface area contributed by atoms with Crippen LogP contribution in [-0.4, -0.2) is 23.3 Å². The van der Waals surface area contributed by atoms with Crippen LogP contribution in [0.4, 0.5) is 17.5 Å². The number of anilines is 3. The van der Waals surface area contributed by atoms with Gasteiger partial charge >= 0.3 is 0 Å². The average molecular weight is 262 g/mol. The number of rotatable bonds is 4. The molecule has 18 heavy (non-hydrogen) atoms. The Morgan fingerprint density at radius 1 is 1.28 bits per heavy atom. The van der Waals surface area contributed by atoms with Crippen LogP contribution in [0, 0.1) is 0 Å². The van der Waals surface area contributed by atoms with E-state index in [9.17, 15) is 0 Å². The number of nitrogens with two attached hydrogens (primary N) is 1. The minimum Gasteiger partial charge on any atom is -0.481 e. The summed E-state index contributed by atoms with van der Waals surface area (Å²) in [6.45, 7) is 0. The van der Waals surface area contributed by atoms with Crippen LogP contribution in [0.2, 0.25) is 0 Å². The van der Waals surface area contributed by atoms with E-state index in [0.29, 0.717) is 11.7 Å². The predicted molar refractivity (Wildman–Crippen MR) is 74.5 cm³/mol. The zero-order valence-electron chi connectivity index (χ0n) is 10.2. The van der Waals surface area contributed by atoms with Crippen molar-refractivity contribution in [2.24, 2.45) is 0 Å². The monoisotopic (exact) mass is 262 g/mol. The van der Waals surface area contributed by atoms with Gasteiger partial charge in [0.15, 0.2) is 0 Å². The average Bonchev–Trinajstić information content (AvgIpc) is 2.38. The third kappa shape index (κ3) is 2.84. The number of nitrogens with zero attached hydrogens (tertiary/aromatic N) is 2. The second-order valence-corrected chi connectivity index (χ2v) is 4.33. The molecule has 6 heteroatoms. The lowest BCUT2D eigenvalue weighted by Gasteiger charge is -2.10. The Labute approximate surface area is 110 Å². The highest BCUT2D eigenvalue weighted by atomic mass is 32.2. The van der Waals surface area contributed by atoms with Crippen LogP contribution in [0.5, 0.6) is 5.88 Å². The normalized spacial score (nSPS) is 10.1. The Bertz CT molecular complexity index is 547. The topological polar surface area (TPSA) is 73.1 Å². The second-order valence-electron chi connectivity index (χ2n) is 3.48. The van der Waals surface area contributed by atoms with Gasteiger partial charge < -0.3 is 15.8 Å². The molecule has 1 heterocycles. The second kappa shape index (κ2) is 5.59. The molecule has 0 spiro atoms. The van der Waals surface area contributed by atoms with Crippen molar-refractivity contribution in [3.8, 4) is 5.88 Å². The van der Waals surface area contributed by atoms with Gasteiger partial charge in [0.05, 0.1) is 12.8 Å². The number of nitrogen functional groups attached to an aromatic ring is 1. The number of hydrogen-bond donors (Lipinski definition) is 2. The Morgan fingerprint density at radius 2 is 2.06 bits per heavy atom. The van der Waals surface area contributed by atoms with Crippen LogP contribution in [0.3, 0.4) is 0 Å². The summed E-state index contributed by atoms with van der Waals surface area (Å²) in [5.41, 5.74) is 6.59. The first-order valence-electron chi connectivity index (χ1n) is 5.31. The highest BCUT2D eigenvalue weighted by Crippen LogP contribution is 2.28. The summed E-state index contributed by atoms with van der Waals surface area (Å²) in [5.74, 6) is 1.23.